The second kappa shape index (κ2) is 7.58. The molecule has 27 heavy (non-hydrogen) atoms. The summed E-state index contributed by atoms with van der Waals surface area (Å²) in [5, 5.41) is 2.64. The van der Waals surface area contributed by atoms with Gasteiger partial charge in [0.05, 0.1) is 5.56 Å². The Morgan fingerprint density at radius 2 is 1.70 bits per heavy atom. The Labute approximate surface area is 155 Å². The van der Waals surface area contributed by atoms with Gasteiger partial charge in [-0.3, -0.25) is 14.5 Å². The van der Waals surface area contributed by atoms with E-state index in [0.29, 0.717) is 18.4 Å². The van der Waals surface area contributed by atoms with Crippen molar-refractivity contribution in [3.05, 3.63) is 35.4 Å². The molecule has 1 N–H and O–H groups in total. The van der Waals surface area contributed by atoms with Gasteiger partial charge in [0, 0.05) is 13.6 Å². The molecule has 1 aliphatic rings. The number of carbonyl (C=O) groups excluding carboxylic acids is 3. The highest BCUT2D eigenvalue weighted by Crippen LogP contribution is 2.29. The summed E-state index contributed by atoms with van der Waals surface area (Å²) in [7, 11) is 1.46. The first-order valence-electron chi connectivity index (χ1n) is 8.58. The molecular weight excluding hydrogens is 363 g/mol. The Morgan fingerprint density at radius 3 is 2.15 bits per heavy atom. The molecule has 6 nitrogen and oxygen atoms in total. The highest BCUT2D eigenvalue weighted by Gasteiger charge is 2.49. The number of rotatable bonds is 6. The van der Waals surface area contributed by atoms with Crippen molar-refractivity contribution in [2.45, 2.75) is 44.9 Å². The molecule has 4 amide bonds. The van der Waals surface area contributed by atoms with Gasteiger partial charge in [0.2, 0.25) is 5.91 Å². The Bertz CT molecular complexity index is 728. The highest BCUT2D eigenvalue weighted by atomic mass is 19.4. The maximum Gasteiger partial charge on any atom is 0.416 e. The fraction of sp³-hybridized carbons (Fsp3) is 0.500. The molecule has 148 valence electrons. The third-order valence-corrected chi connectivity index (χ3v) is 4.87. The van der Waals surface area contributed by atoms with Crippen molar-refractivity contribution in [3.8, 4) is 0 Å². The summed E-state index contributed by atoms with van der Waals surface area (Å²) in [6.07, 6.45) is -3.59. The summed E-state index contributed by atoms with van der Waals surface area (Å²) in [5.41, 5.74) is -1.24. The van der Waals surface area contributed by atoms with Crippen LogP contribution in [0.2, 0.25) is 0 Å². The first kappa shape index (κ1) is 20.7. The Kier molecular flexibility index (Phi) is 5.82. The lowest BCUT2D eigenvalue weighted by Gasteiger charge is -2.24. The minimum atomic E-state index is -4.42. The van der Waals surface area contributed by atoms with Crippen molar-refractivity contribution in [1.29, 1.82) is 0 Å². The molecule has 1 aliphatic heterocycles. The van der Waals surface area contributed by atoms with Crippen molar-refractivity contribution < 1.29 is 27.6 Å². The Balaban J connectivity index is 2.02. The number of imide groups is 1. The number of halogens is 3. The van der Waals surface area contributed by atoms with Crippen LogP contribution in [0.15, 0.2) is 24.3 Å². The molecule has 0 radical (unpaired) electrons. The Morgan fingerprint density at radius 1 is 1.15 bits per heavy atom. The van der Waals surface area contributed by atoms with Crippen LogP contribution in [-0.2, 0) is 22.3 Å². The molecule has 0 aromatic heterocycles. The third-order valence-electron chi connectivity index (χ3n) is 4.87. The number of amides is 4. The van der Waals surface area contributed by atoms with E-state index in [2.05, 4.69) is 5.32 Å². The molecular formula is C18H22F3N3O3. The van der Waals surface area contributed by atoms with E-state index in [1.165, 1.54) is 24.1 Å². The maximum absolute atomic E-state index is 12.6. The molecule has 1 aromatic carbocycles. The maximum atomic E-state index is 12.6. The summed E-state index contributed by atoms with van der Waals surface area (Å²) in [4.78, 5) is 39.1. The quantitative estimate of drug-likeness (QED) is 0.766. The summed E-state index contributed by atoms with van der Waals surface area (Å²) in [6.45, 7) is 3.21. The number of urea groups is 1. The van der Waals surface area contributed by atoms with Crippen LogP contribution >= 0.6 is 0 Å². The van der Waals surface area contributed by atoms with Gasteiger partial charge in [-0.2, -0.15) is 13.2 Å². The minimum Gasteiger partial charge on any atom is -0.340 e. The molecule has 1 aromatic rings. The van der Waals surface area contributed by atoms with Gasteiger partial charge >= 0.3 is 12.2 Å². The average molecular weight is 385 g/mol. The predicted octanol–water partition coefficient (Wildman–Crippen LogP) is 2.77. The van der Waals surface area contributed by atoms with Crippen molar-refractivity contribution in [2.75, 3.05) is 13.6 Å². The van der Waals surface area contributed by atoms with E-state index in [1.54, 1.807) is 13.8 Å². The zero-order valence-corrected chi connectivity index (χ0v) is 15.4. The molecule has 2 rings (SSSR count). The van der Waals surface area contributed by atoms with Gasteiger partial charge in [-0.25, -0.2) is 4.79 Å². The fourth-order valence-electron chi connectivity index (χ4n) is 2.97. The van der Waals surface area contributed by atoms with Gasteiger partial charge in [0.15, 0.2) is 0 Å². The number of carbonyl (C=O) groups is 3. The van der Waals surface area contributed by atoms with E-state index in [1.807, 2.05) is 0 Å². The molecule has 0 aliphatic carbocycles. The molecule has 1 fully saturated rings. The van der Waals surface area contributed by atoms with Crippen LogP contribution in [0.5, 0.6) is 0 Å². The van der Waals surface area contributed by atoms with Crippen LogP contribution in [0.25, 0.3) is 0 Å². The van der Waals surface area contributed by atoms with Crippen molar-refractivity contribution in [2.24, 2.45) is 0 Å². The lowest BCUT2D eigenvalue weighted by Crippen LogP contribution is -2.46. The fourth-order valence-corrected chi connectivity index (χ4v) is 2.97. The van der Waals surface area contributed by atoms with Crippen LogP contribution in [0.1, 0.15) is 37.8 Å². The molecule has 9 heteroatoms. The van der Waals surface area contributed by atoms with Crippen LogP contribution < -0.4 is 5.32 Å². The topological polar surface area (TPSA) is 69.7 Å². The molecule has 0 unspecified atom stereocenters. The SMILES string of the molecule is CCC1(CC)NC(=O)N(CC(=O)N(C)Cc2ccc(C(F)(F)F)cc2)C1=O. The zero-order valence-electron chi connectivity index (χ0n) is 15.4. The lowest BCUT2D eigenvalue weighted by atomic mass is 9.93. The normalized spacial score (nSPS) is 16.4. The predicted molar refractivity (Wildman–Crippen MR) is 91.5 cm³/mol. The first-order chi connectivity index (χ1) is 12.5. The number of hydrogen-bond acceptors (Lipinski definition) is 3. The van der Waals surface area contributed by atoms with Gasteiger partial charge in [-0.05, 0) is 30.5 Å². The molecule has 1 saturated heterocycles. The lowest BCUT2D eigenvalue weighted by molar-refractivity contribution is -0.138. The second-order valence-corrected chi connectivity index (χ2v) is 6.56. The molecule has 0 spiro atoms. The second-order valence-electron chi connectivity index (χ2n) is 6.56. The smallest absolute Gasteiger partial charge is 0.340 e. The summed E-state index contributed by atoms with van der Waals surface area (Å²) >= 11 is 0. The minimum absolute atomic E-state index is 0.0628. The van der Waals surface area contributed by atoms with Gasteiger partial charge in [-0.15, -0.1) is 0 Å². The van der Waals surface area contributed by atoms with Crippen molar-refractivity contribution in [1.82, 2.24) is 15.1 Å². The van der Waals surface area contributed by atoms with Gasteiger partial charge in [-0.1, -0.05) is 26.0 Å². The van der Waals surface area contributed by atoms with E-state index < -0.39 is 41.7 Å². The number of likely N-dealkylation sites (N-methyl/N-ethyl adjacent to an activating group) is 1. The highest BCUT2D eigenvalue weighted by molar-refractivity contribution is 6.08. The number of nitrogens with one attached hydrogen (secondary N) is 1. The number of nitrogens with zero attached hydrogens (tertiary/aromatic N) is 2. The Hall–Kier alpha value is -2.58. The number of hydrogen-bond donors (Lipinski definition) is 1. The van der Waals surface area contributed by atoms with E-state index in [4.69, 9.17) is 0 Å². The van der Waals surface area contributed by atoms with E-state index >= 15 is 0 Å². The monoisotopic (exact) mass is 385 g/mol. The van der Waals surface area contributed by atoms with Crippen molar-refractivity contribution >= 4 is 17.8 Å². The summed E-state index contributed by atoms with van der Waals surface area (Å²) in [5.74, 6) is -0.921. The van der Waals surface area contributed by atoms with Gasteiger partial charge in [0.25, 0.3) is 5.91 Å². The van der Waals surface area contributed by atoms with Crippen LogP contribution in [0.4, 0.5) is 18.0 Å². The zero-order chi connectivity index (χ0) is 20.4. The molecule has 0 bridgehead atoms. The van der Waals surface area contributed by atoms with E-state index in [-0.39, 0.29) is 6.54 Å². The molecule has 0 atom stereocenters. The van der Waals surface area contributed by atoms with E-state index in [0.717, 1.165) is 17.0 Å². The van der Waals surface area contributed by atoms with Gasteiger partial charge < -0.3 is 10.2 Å². The first-order valence-corrected chi connectivity index (χ1v) is 8.58. The molecule has 0 saturated carbocycles. The van der Waals surface area contributed by atoms with E-state index in [9.17, 15) is 27.6 Å². The standard InChI is InChI=1S/C18H22F3N3O3/c1-4-17(5-2)15(26)24(16(27)22-17)11-14(25)23(3)10-12-6-8-13(9-7-12)18(19,20)21/h6-9H,4-5,10-11H2,1-3H3,(H,22,27). The van der Waals surface area contributed by atoms with Crippen LogP contribution in [-0.4, -0.2) is 46.8 Å². The van der Waals surface area contributed by atoms with Crippen LogP contribution in [0, 0.1) is 0 Å². The third kappa shape index (κ3) is 4.23. The number of benzene rings is 1. The summed E-state index contributed by atoms with van der Waals surface area (Å²) < 4.78 is 37.8. The average Bonchev–Trinajstić information content (AvgIpc) is 2.86. The van der Waals surface area contributed by atoms with Crippen molar-refractivity contribution in [3.63, 3.8) is 0 Å². The molecule has 1 heterocycles. The summed E-state index contributed by atoms with van der Waals surface area (Å²) in [6, 6.07) is 3.86. The largest absolute Gasteiger partial charge is 0.416 e. The van der Waals surface area contributed by atoms with Gasteiger partial charge in [0.1, 0.15) is 12.1 Å². The number of alkyl halides is 3. The van der Waals surface area contributed by atoms with Crippen LogP contribution in [0.3, 0.4) is 0 Å².